The average Bonchev–Trinajstić information content (AvgIpc) is 2.84. The van der Waals surface area contributed by atoms with Gasteiger partial charge >= 0.3 is 0 Å². The first kappa shape index (κ1) is 8.97. The number of anilines is 1. The van der Waals surface area contributed by atoms with Crippen molar-refractivity contribution < 1.29 is 5.11 Å². The Morgan fingerprint density at radius 1 is 1.23 bits per heavy atom. The minimum atomic E-state index is -0.0512. The smallest absolute Gasteiger partial charge is 0.152 e. The molecule has 70 valence electrons. The van der Waals surface area contributed by atoms with Crippen molar-refractivity contribution in [1.29, 1.82) is 0 Å². The summed E-state index contributed by atoms with van der Waals surface area (Å²) in [5.74, 6) is -0.0512. The number of halogens is 2. The molecule has 0 bridgehead atoms. The van der Waals surface area contributed by atoms with E-state index in [4.69, 9.17) is 23.2 Å². The zero-order valence-electron chi connectivity index (χ0n) is 6.85. The summed E-state index contributed by atoms with van der Waals surface area (Å²) in [5, 5.41) is 13.1. The van der Waals surface area contributed by atoms with Crippen molar-refractivity contribution in [2.45, 2.75) is 18.9 Å². The molecule has 1 saturated carbocycles. The minimum absolute atomic E-state index is 0.0512. The average molecular weight is 218 g/mol. The SMILES string of the molecule is Oc1c(Cl)cc(NC2CC2)cc1Cl. The van der Waals surface area contributed by atoms with Crippen molar-refractivity contribution in [2.24, 2.45) is 0 Å². The Morgan fingerprint density at radius 3 is 2.23 bits per heavy atom. The van der Waals surface area contributed by atoms with Crippen LogP contribution in [0.25, 0.3) is 0 Å². The summed E-state index contributed by atoms with van der Waals surface area (Å²) in [6, 6.07) is 3.92. The van der Waals surface area contributed by atoms with Crippen LogP contribution in [0.3, 0.4) is 0 Å². The molecule has 2 N–H and O–H groups in total. The highest BCUT2D eigenvalue weighted by molar-refractivity contribution is 6.37. The molecule has 1 fully saturated rings. The molecule has 0 aromatic heterocycles. The molecule has 0 aliphatic heterocycles. The molecule has 1 aromatic carbocycles. The van der Waals surface area contributed by atoms with Crippen LogP contribution in [0.2, 0.25) is 10.0 Å². The molecule has 1 aliphatic carbocycles. The number of aromatic hydroxyl groups is 1. The third kappa shape index (κ3) is 2.01. The summed E-state index contributed by atoms with van der Waals surface area (Å²) >= 11 is 11.5. The van der Waals surface area contributed by atoms with Gasteiger partial charge in [-0.1, -0.05) is 23.2 Å². The van der Waals surface area contributed by atoms with Crippen LogP contribution in [0.5, 0.6) is 5.75 Å². The normalized spacial score (nSPS) is 15.8. The van der Waals surface area contributed by atoms with Crippen molar-refractivity contribution >= 4 is 28.9 Å². The summed E-state index contributed by atoms with van der Waals surface area (Å²) in [5.41, 5.74) is 0.871. The van der Waals surface area contributed by atoms with Gasteiger partial charge in [0.15, 0.2) is 5.75 Å². The van der Waals surface area contributed by atoms with Gasteiger partial charge in [-0.3, -0.25) is 0 Å². The number of hydrogen-bond acceptors (Lipinski definition) is 2. The van der Waals surface area contributed by atoms with E-state index < -0.39 is 0 Å². The van der Waals surface area contributed by atoms with Gasteiger partial charge in [0.2, 0.25) is 0 Å². The predicted octanol–water partition coefficient (Wildman–Crippen LogP) is 3.27. The largest absolute Gasteiger partial charge is 0.505 e. The first-order valence-corrected chi connectivity index (χ1v) is 4.87. The van der Waals surface area contributed by atoms with Crippen molar-refractivity contribution in [3.8, 4) is 5.75 Å². The van der Waals surface area contributed by atoms with Crippen molar-refractivity contribution in [1.82, 2.24) is 0 Å². The van der Waals surface area contributed by atoms with Crippen LogP contribution in [0.1, 0.15) is 12.8 Å². The monoisotopic (exact) mass is 217 g/mol. The van der Waals surface area contributed by atoms with E-state index in [1.165, 1.54) is 12.8 Å². The molecule has 0 unspecified atom stereocenters. The van der Waals surface area contributed by atoms with Crippen LogP contribution < -0.4 is 5.32 Å². The number of phenols is 1. The Morgan fingerprint density at radius 2 is 1.77 bits per heavy atom. The second kappa shape index (κ2) is 3.28. The quantitative estimate of drug-likeness (QED) is 0.746. The van der Waals surface area contributed by atoms with E-state index in [0.717, 1.165) is 5.69 Å². The lowest BCUT2D eigenvalue weighted by Gasteiger charge is -2.07. The summed E-state index contributed by atoms with van der Waals surface area (Å²) in [6.07, 6.45) is 2.38. The second-order valence-corrected chi connectivity index (χ2v) is 4.02. The van der Waals surface area contributed by atoms with Crippen LogP contribution in [0.4, 0.5) is 5.69 Å². The maximum absolute atomic E-state index is 9.29. The number of rotatable bonds is 2. The molecule has 4 heteroatoms. The zero-order chi connectivity index (χ0) is 9.42. The van der Waals surface area contributed by atoms with E-state index in [9.17, 15) is 5.11 Å². The first-order chi connectivity index (χ1) is 6.16. The highest BCUT2D eigenvalue weighted by Gasteiger charge is 2.21. The summed E-state index contributed by atoms with van der Waals surface area (Å²) < 4.78 is 0. The van der Waals surface area contributed by atoms with Gasteiger partial charge in [-0.15, -0.1) is 0 Å². The van der Waals surface area contributed by atoms with Gasteiger partial charge in [-0.25, -0.2) is 0 Å². The molecule has 2 rings (SSSR count). The Bertz CT molecular complexity index is 313. The lowest BCUT2D eigenvalue weighted by molar-refractivity contribution is 0.476. The molecule has 1 aromatic rings. The maximum atomic E-state index is 9.29. The van der Waals surface area contributed by atoms with E-state index in [1.807, 2.05) is 0 Å². The molecular weight excluding hydrogens is 209 g/mol. The van der Waals surface area contributed by atoms with Gasteiger partial charge in [0.25, 0.3) is 0 Å². The lowest BCUT2D eigenvalue weighted by atomic mass is 10.3. The number of nitrogens with one attached hydrogen (secondary N) is 1. The Kier molecular flexibility index (Phi) is 2.26. The predicted molar refractivity (Wildman–Crippen MR) is 54.8 cm³/mol. The fraction of sp³-hybridized carbons (Fsp3) is 0.333. The number of phenolic OH excluding ortho intramolecular Hbond substituents is 1. The third-order valence-corrected chi connectivity index (χ3v) is 2.54. The van der Waals surface area contributed by atoms with Crippen LogP contribution in [0, 0.1) is 0 Å². The Labute approximate surface area is 86.5 Å². The van der Waals surface area contributed by atoms with Crippen LogP contribution >= 0.6 is 23.2 Å². The van der Waals surface area contributed by atoms with Crippen LogP contribution in [0.15, 0.2) is 12.1 Å². The van der Waals surface area contributed by atoms with Gasteiger partial charge in [-0.05, 0) is 25.0 Å². The van der Waals surface area contributed by atoms with Gasteiger partial charge in [0.1, 0.15) is 0 Å². The van der Waals surface area contributed by atoms with E-state index in [2.05, 4.69) is 5.32 Å². The Hall–Kier alpha value is -0.600. The van der Waals surface area contributed by atoms with E-state index in [0.29, 0.717) is 6.04 Å². The third-order valence-electron chi connectivity index (χ3n) is 1.97. The minimum Gasteiger partial charge on any atom is -0.505 e. The molecule has 0 atom stereocenters. The van der Waals surface area contributed by atoms with E-state index >= 15 is 0 Å². The Balaban J connectivity index is 2.25. The van der Waals surface area contributed by atoms with Crippen molar-refractivity contribution in [3.63, 3.8) is 0 Å². The summed E-state index contributed by atoms with van der Waals surface area (Å²) in [7, 11) is 0. The summed E-state index contributed by atoms with van der Waals surface area (Å²) in [4.78, 5) is 0. The van der Waals surface area contributed by atoms with Crippen molar-refractivity contribution in [3.05, 3.63) is 22.2 Å². The first-order valence-electron chi connectivity index (χ1n) is 4.11. The van der Waals surface area contributed by atoms with Gasteiger partial charge < -0.3 is 10.4 Å². The van der Waals surface area contributed by atoms with Gasteiger partial charge in [0.05, 0.1) is 10.0 Å². The molecule has 0 amide bonds. The van der Waals surface area contributed by atoms with Gasteiger partial charge in [0, 0.05) is 11.7 Å². The van der Waals surface area contributed by atoms with E-state index in [-0.39, 0.29) is 15.8 Å². The van der Waals surface area contributed by atoms with E-state index in [1.54, 1.807) is 12.1 Å². The maximum Gasteiger partial charge on any atom is 0.152 e. The van der Waals surface area contributed by atoms with Crippen LogP contribution in [-0.2, 0) is 0 Å². The molecule has 13 heavy (non-hydrogen) atoms. The van der Waals surface area contributed by atoms with Gasteiger partial charge in [-0.2, -0.15) is 0 Å². The molecule has 0 heterocycles. The number of hydrogen-bond donors (Lipinski definition) is 2. The zero-order valence-corrected chi connectivity index (χ0v) is 8.36. The standard InChI is InChI=1S/C9H9Cl2NO/c10-7-3-6(12-5-1-2-5)4-8(11)9(7)13/h3-5,12-13H,1-2H2. The number of benzene rings is 1. The lowest BCUT2D eigenvalue weighted by Crippen LogP contribution is -2.00. The molecule has 2 nitrogen and oxygen atoms in total. The molecule has 0 spiro atoms. The topological polar surface area (TPSA) is 32.3 Å². The molecule has 1 aliphatic rings. The highest BCUT2D eigenvalue weighted by Crippen LogP contribution is 2.36. The molecule has 0 saturated heterocycles. The van der Waals surface area contributed by atoms with Crippen LogP contribution in [-0.4, -0.2) is 11.1 Å². The summed E-state index contributed by atoms with van der Waals surface area (Å²) in [6.45, 7) is 0. The fourth-order valence-electron chi connectivity index (χ4n) is 1.11. The molecular formula is C9H9Cl2NO. The van der Waals surface area contributed by atoms with Crippen molar-refractivity contribution in [2.75, 3.05) is 5.32 Å². The molecule has 0 radical (unpaired) electrons. The second-order valence-electron chi connectivity index (χ2n) is 3.21. The fourth-order valence-corrected chi connectivity index (χ4v) is 1.60. The highest BCUT2D eigenvalue weighted by atomic mass is 35.5.